The molecular weight excluding hydrogens is 316 g/mol. The Balaban J connectivity index is 1.70. The van der Waals surface area contributed by atoms with Crippen molar-refractivity contribution in [2.75, 3.05) is 0 Å². The van der Waals surface area contributed by atoms with Crippen molar-refractivity contribution in [3.05, 3.63) is 12.2 Å². The summed E-state index contributed by atoms with van der Waals surface area (Å²) in [5, 5.41) is 0. The van der Waals surface area contributed by atoms with Crippen LogP contribution in [0.2, 0.25) is 0 Å². The summed E-state index contributed by atoms with van der Waals surface area (Å²) in [5.41, 5.74) is -1.75. The van der Waals surface area contributed by atoms with Crippen molar-refractivity contribution in [1.82, 2.24) is 0 Å². The number of hydrogen-bond donors (Lipinski definition) is 0. The topological polar surface area (TPSA) is 59.2 Å². The number of epoxide rings is 2. The van der Waals surface area contributed by atoms with Crippen LogP contribution in [0.25, 0.3) is 0 Å². The van der Waals surface area contributed by atoms with E-state index in [1.807, 2.05) is 0 Å². The fourth-order valence-electron chi connectivity index (χ4n) is 8.17. The maximum Gasteiger partial charge on any atom is 0.159 e. The standard InChI is InChI=1S/C21H26O4/c1-11-13(22)8-12-9-20-15-19(7-6-17(20,4)24-20)18(5,25-19)10-14(23)21(11,15)16(12,2)3/h12,15H,1,6-10H2,2-5H3. The molecule has 2 saturated heterocycles. The second-order valence-corrected chi connectivity index (χ2v) is 10.5. The lowest BCUT2D eigenvalue weighted by molar-refractivity contribution is -0.180. The second-order valence-electron chi connectivity index (χ2n) is 10.5. The van der Waals surface area contributed by atoms with Gasteiger partial charge in [0.05, 0.1) is 11.0 Å². The zero-order chi connectivity index (χ0) is 17.8. The van der Waals surface area contributed by atoms with E-state index >= 15 is 0 Å². The van der Waals surface area contributed by atoms with Gasteiger partial charge in [0, 0.05) is 24.3 Å². The molecule has 3 spiro atoms. The number of hydrogen-bond acceptors (Lipinski definition) is 4. The predicted octanol–water partition coefficient (Wildman–Crippen LogP) is 2.99. The largest absolute Gasteiger partial charge is 0.362 e. The summed E-state index contributed by atoms with van der Waals surface area (Å²) in [7, 11) is 0. The second kappa shape index (κ2) is 3.43. The molecule has 7 unspecified atom stereocenters. The van der Waals surface area contributed by atoms with E-state index in [1.54, 1.807) is 0 Å². The number of carbonyl (C=O) groups is 2. The predicted molar refractivity (Wildman–Crippen MR) is 89.9 cm³/mol. The highest BCUT2D eigenvalue weighted by molar-refractivity contribution is 6.07. The number of ketones is 2. The van der Waals surface area contributed by atoms with E-state index in [9.17, 15) is 9.59 Å². The van der Waals surface area contributed by atoms with Gasteiger partial charge in [0.25, 0.3) is 0 Å². The van der Waals surface area contributed by atoms with Gasteiger partial charge >= 0.3 is 0 Å². The molecule has 4 aliphatic carbocycles. The maximum absolute atomic E-state index is 13.7. The van der Waals surface area contributed by atoms with E-state index < -0.39 is 5.41 Å². The van der Waals surface area contributed by atoms with Crippen molar-refractivity contribution >= 4 is 11.6 Å². The van der Waals surface area contributed by atoms with E-state index in [1.165, 1.54) is 0 Å². The Labute approximate surface area is 148 Å². The third-order valence-corrected chi connectivity index (χ3v) is 9.63. The zero-order valence-electron chi connectivity index (χ0n) is 15.5. The molecule has 6 fully saturated rings. The van der Waals surface area contributed by atoms with Gasteiger partial charge in [-0.25, -0.2) is 0 Å². The van der Waals surface area contributed by atoms with Crippen molar-refractivity contribution in [2.45, 2.75) is 82.2 Å². The van der Waals surface area contributed by atoms with Gasteiger partial charge in [-0.05, 0) is 44.4 Å². The normalized spacial score (nSPS) is 62.6. The van der Waals surface area contributed by atoms with Crippen LogP contribution in [-0.4, -0.2) is 34.0 Å². The third-order valence-electron chi connectivity index (χ3n) is 9.63. The van der Waals surface area contributed by atoms with Gasteiger partial charge in [-0.1, -0.05) is 20.4 Å². The molecule has 0 N–H and O–H groups in total. The van der Waals surface area contributed by atoms with Crippen LogP contribution in [0, 0.1) is 22.7 Å². The Morgan fingerprint density at radius 1 is 1.00 bits per heavy atom. The number of rotatable bonds is 0. The van der Waals surface area contributed by atoms with E-state index in [0.717, 1.165) is 19.3 Å². The smallest absolute Gasteiger partial charge is 0.159 e. The molecular formula is C21H26O4. The molecule has 134 valence electrons. The summed E-state index contributed by atoms with van der Waals surface area (Å²) >= 11 is 0. The number of Topliss-reactive ketones (excluding diaryl/α,β-unsaturated/α-hetero) is 2. The minimum absolute atomic E-state index is 0.0690. The number of carbonyl (C=O) groups excluding carboxylic acids is 2. The first-order chi connectivity index (χ1) is 11.5. The Morgan fingerprint density at radius 3 is 2.40 bits per heavy atom. The Morgan fingerprint density at radius 2 is 1.68 bits per heavy atom. The molecule has 4 nitrogen and oxygen atoms in total. The molecule has 25 heavy (non-hydrogen) atoms. The summed E-state index contributed by atoms with van der Waals surface area (Å²) in [6, 6.07) is 0. The zero-order valence-corrected chi connectivity index (χ0v) is 15.5. The van der Waals surface area contributed by atoms with Crippen LogP contribution in [0.5, 0.6) is 0 Å². The third kappa shape index (κ3) is 1.12. The van der Waals surface area contributed by atoms with Gasteiger partial charge in [0.1, 0.15) is 22.6 Å². The first kappa shape index (κ1) is 15.1. The highest BCUT2D eigenvalue weighted by atomic mass is 16.7. The van der Waals surface area contributed by atoms with Crippen LogP contribution < -0.4 is 0 Å². The van der Waals surface area contributed by atoms with Gasteiger partial charge in [0.15, 0.2) is 5.78 Å². The van der Waals surface area contributed by atoms with Gasteiger partial charge in [0.2, 0.25) is 0 Å². The fraction of sp³-hybridized carbons (Fsp3) is 0.810. The molecule has 6 aliphatic rings. The first-order valence-electron chi connectivity index (χ1n) is 9.67. The van der Waals surface area contributed by atoms with Crippen molar-refractivity contribution in [2.24, 2.45) is 22.7 Å². The maximum atomic E-state index is 13.7. The van der Waals surface area contributed by atoms with Gasteiger partial charge < -0.3 is 9.47 Å². The van der Waals surface area contributed by atoms with Crippen LogP contribution in [0.15, 0.2) is 12.2 Å². The van der Waals surface area contributed by atoms with Crippen molar-refractivity contribution in [3.63, 3.8) is 0 Å². The fourth-order valence-corrected chi connectivity index (χ4v) is 8.17. The molecule has 4 saturated carbocycles. The minimum atomic E-state index is -0.820. The monoisotopic (exact) mass is 342 g/mol. The van der Waals surface area contributed by atoms with Crippen LogP contribution in [-0.2, 0) is 19.1 Å². The minimum Gasteiger partial charge on any atom is -0.362 e. The lowest BCUT2D eigenvalue weighted by Crippen LogP contribution is -2.74. The quantitative estimate of drug-likeness (QED) is 0.502. The summed E-state index contributed by atoms with van der Waals surface area (Å²) < 4.78 is 12.9. The van der Waals surface area contributed by atoms with Crippen LogP contribution >= 0.6 is 0 Å². The first-order valence-corrected chi connectivity index (χ1v) is 9.67. The van der Waals surface area contributed by atoms with Crippen molar-refractivity contribution in [1.29, 1.82) is 0 Å². The average molecular weight is 342 g/mol. The van der Waals surface area contributed by atoms with Crippen molar-refractivity contribution in [3.8, 4) is 0 Å². The highest BCUT2D eigenvalue weighted by Gasteiger charge is 2.94. The molecule has 2 aliphatic heterocycles. The molecule has 7 atom stereocenters. The Kier molecular flexibility index (Phi) is 2.07. The molecule has 0 aromatic rings. The highest BCUT2D eigenvalue weighted by Crippen LogP contribution is 2.85. The van der Waals surface area contributed by atoms with Gasteiger partial charge in [-0.3, -0.25) is 9.59 Å². The molecule has 0 radical (unpaired) electrons. The Bertz CT molecular complexity index is 813. The lowest BCUT2D eigenvalue weighted by Gasteiger charge is -2.66. The lowest BCUT2D eigenvalue weighted by atomic mass is 9.33. The molecule has 2 heterocycles. The molecule has 0 aromatic carbocycles. The SMILES string of the molecule is C=C1C(=O)CC2CC34OC3(C)CCC35OC3(C)CC(=O)C1(C54)C2(C)C. The van der Waals surface area contributed by atoms with Crippen molar-refractivity contribution < 1.29 is 19.1 Å². The van der Waals surface area contributed by atoms with Crippen LogP contribution in [0.4, 0.5) is 0 Å². The summed E-state index contributed by atoms with van der Waals surface area (Å²) in [4.78, 5) is 26.6. The molecule has 6 rings (SSSR count). The number of fused-ring (bicyclic) bond motifs is 1. The summed E-state index contributed by atoms with van der Waals surface area (Å²) in [5.74, 6) is 0.353. The van der Waals surface area contributed by atoms with Gasteiger partial charge in [-0.2, -0.15) is 0 Å². The van der Waals surface area contributed by atoms with Crippen LogP contribution in [0.1, 0.15) is 59.8 Å². The van der Waals surface area contributed by atoms with E-state index in [4.69, 9.17) is 9.47 Å². The van der Waals surface area contributed by atoms with E-state index in [-0.39, 0.29) is 51.2 Å². The number of ether oxygens (including phenoxy) is 2. The van der Waals surface area contributed by atoms with E-state index in [2.05, 4.69) is 34.3 Å². The van der Waals surface area contributed by atoms with E-state index in [0.29, 0.717) is 18.4 Å². The Hall–Kier alpha value is -1.00. The molecule has 0 aromatic heterocycles. The molecule has 2 bridgehead atoms. The number of allylic oxidation sites excluding steroid dienone is 1. The summed E-state index contributed by atoms with van der Waals surface area (Å²) in [6.07, 6.45) is 3.68. The molecule has 4 heteroatoms. The average Bonchev–Trinajstić information content (AvgIpc) is 3.30. The van der Waals surface area contributed by atoms with Gasteiger partial charge in [-0.15, -0.1) is 0 Å². The summed E-state index contributed by atoms with van der Waals surface area (Å²) in [6.45, 7) is 12.9. The van der Waals surface area contributed by atoms with Crippen LogP contribution in [0.3, 0.4) is 0 Å². The molecule has 0 amide bonds.